The lowest BCUT2D eigenvalue weighted by Crippen LogP contribution is -2.46. The summed E-state index contributed by atoms with van der Waals surface area (Å²) in [6.45, 7) is 8.56. The first-order valence-electron chi connectivity index (χ1n) is 8.97. The summed E-state index contributed by atoms with van der Waals surface area (Å²) < 4.78 is 5.74. The van der Waals surface area contributed by atoms with Gasteiger partial charge in [0.25, 0.3) is 0 Å². The Morgan fingerprint density at radius 2 is 2.20 bits per heavy atom. The van der Waals surface area contributed by atoms with Gasteiger partial charge in [-0.1, -0.05) is 38.5 Å². The zero-order chi connectivity index (χ0) is 18.4. The molecule has 0 aliphatic heterocycles. The molecule has 1 aromatic rings. The Hall–Kier alpha value is -1.08. The van der Waals surface area contributed by atoms with Gasteiger partial charge in [0, 0.05) is 11.4 Å². The van der Waals surface area contributed by atoms with E-state index in [1.54, 1.807) is 6.92 Å². The molecule has 5 nitrogen and oxygen atoms in total. The number of nitrogens with one attached hydrogen (secondary N) is 1. The van der Waals surface area contributed by atoms with Gasteiger partial charge in [-0.15, -0.1) is 11.3 Å². The van der Waals surface area contributed by atoms with Gasteiger partial charge >= 0.3 is 5.97 Å². The molecule has 1 fully saturated rings. The summed E-state index contributed by atoms with van der Waals surface area (Å²) in [5.74, 6) is 0.978. The molecule has 140 valence electrons. The molecule has 0 spiro atoms. The maximum atomic E-state index is 12.5. The zero-order valence-corrected chi connectivity index (χ0v) is 17.0. The van der Waals surface area contributed by atoms with Crippen molar-refractivity contribution in [3.05, 3.63) is 11.1 Å². The third-order valence-electron chi connectivity index (χ3n) is 4.84. The van der Waals surface area contributed by atoms with E-state index in [0.717, 1.165) is 10.8 Å². The van der Waals surface area contributed by atoms with Crippen LogP contribution in [0.15, 0.2) is 9.72 Å². The summed E-state index contributed by atoms with van der Waals surface area (Å²) >= 11 is 2.91. The standard InChI is InChI=1S/C18H28N2O3S2/c1-5-23-16(21)9-14-10-24-18(19-14)25-13(4)17(22)20-15-8-6-7-11(2)12(15)3/h10-13,15H,5-9H2,1-4H3,(H,20,22)/t11-,12-,13-,15+/m0/s1. The summed E-state index contributed by atoms with van der Waals surface area (Å²) in [4.78, 5) is 28.4. The van der Waals surface area contributed by atoms with Crippen LogP contribution in [0.2, 0.25) is 0 Å². The summed E-state index contributed by atoms with van der Waals surface area (Å²) in [5.41, 5.74) is 0.702. The Morgan fingerprint density at radius 1 is 1.44 bits per heavy atom. The Kier molecular flexibility index (Phi) is 7.75. The third-order valence-corrected chi connectivity index (χ3v) is 6.96. The fraction of sp³-hybridized carbons (Fsp3) is 0.722. The van der Waals surface area contributed by atoms with Crippen molar-refractivity contribution in [2.24, 2.45) is 11.8 Å². The minimum atomic E-state index is -0.268. The molecule has 4 atom stereocenters. The van der Waals surface area contributed by atoms with Crippen LogP contribution < -0.4 is 5.32 Å². The van der Waals surface area contributed by atoms with Crippen LogP contribution in [0.4, 0.5) is 0 Å². The Labute approximate surface area is 158 Å². The van der Waals surface area contributed by atoms with Crippen LogP contribution in [0.5, 0.6) is 0 Å². The molecule has 1 aromatic heterocycles. The minimum Gasteiger partial charge on any atom is -0.466 e. The van der Waals surface area contributed by atoms with E-state index in [4.69, 9.17) is 4.74 Å². The lowest BCUT2D eigenvalue weighted by Gasteiger charge is -2.35. The van der Waals surface area contributed by atoms with E-state index in [0.29, 0.717) is 24.1 Å². The zero-order valence-electron chi connectivity index (χ0n) is 15.4. The van der Waals surface area contributed by atoms with Crippen LogP contribution in [0.1, 0.15) is 52.7 Å². The van der Waals surface area contributed by atoms with E-state index in [9.17, 15) is 9.59 Å². The molecule has 25 heavy (non-hydrogen) atoms. The largest absolute Gasteiger partial charge is 0.466 e. The fourth-order valence-electron chi connectivity index (χ4n) is 3.07. The number of carbonyl (C=O) groups excluding carboxylic acids is 2. The van der Waals surface area contributed by atoms with E-state index in [1.807, 2.05) is 12.3 Å². The highest BCUT2D eigenvalue weighted by Crippen LogP contribution is 2.31. The summed E-state index contributed by atoms with van der Waals surface area (Å²) in [7, 11) is 0. The fourth-order valence-corrected chi connectivity index (χ4v) is 5.06. The van der Waals surface area contributed by atoms with Crippen LogP contribution >= 0.6 is 23.1 Å². The predicted molar refractivity (Wildman–Crippen MR) is 102 cm³/mol. The summed E-state index contributed by atoms with van der Waals surface area (Å²) in [6.07, 6.45) is 3.68. The van der Waals surface area contributed by atoms with Crippen LogP contribution in [-0.2, 0) is 20.7 Å². The van der Waals surface area contributed by atoms with Crippen molar-refractivity contribution in [1.82, 2.24) is 10.3 Å². The molecule has 1 saturated carbocycles. The molecule has 1 amide bonds. The van der Waals surface area contributed by atoms with E-state index >= 15 is 0 Å². The molecule has 1 N–H and O–H groups in total. The maximum absolute atomic E-state index is 12.5. The number of thiazole rings is 1. The third kappa shape index (κ3) is 5.99. The number of nitrogens with zero attached hydrogens (tertiary/aromatic N) is 1. The number of hydrogen-bond acceptors (Lipinski definition) is 6. The van der Waals surface area contributed by atoms with Crippen molar-refractivity contribution in [3.8, 4) is 0 Å². The van der Waals surface area contributed by atoms with Gasteiger partial charge in [-0.3, -0.25) is 9.59 Å². The molecule has 0 bridgehead atoms. The average Bonchev–Trinajstić information content (AvgIpc) is 2.98. The average molecular weight is 385 g/mol. The van der Waals surface area contributed by atoms with Crippen LogP contribution in [0, 0.1) is 11.8 Å². The Balaban J connectivity index is 1.84. The monoisotopic (exact) mass is 384 g/mol. The molecule has 0 radical (unpaired) electrons. The molecule has 2 rings (SSSR count). The molecule has 1 aliphatic rings. The number of aromatic nitrogens is 1. The van der Waals surface area contributed by atoms with Crippen LogP contribution in [0.3, 0.4) is 0 Å². The lowest BCUT2D eigenvalue weighted by molar-refractivity contribution is -0.142. The first kappa shape index (κ1) is 20.2. The first-order valence-corrected chi connectivity index (χ1v) is 10.7. The van der Waals surface area contributed by atoms with Crippen molar-refractivity contribution < 1.29 is 14.3 Å². The molecule has 1 heterocycles. The number of esters is 1. The van der Waals surface area contributed by atoms with Crippen LogP contribution in [-0.4, -0.2) is 34.8 Å². The van der Waals surface area contributed by atoms with E-state index in [2.05, 4.69) is 24.1 Å². The lowest BCUT2D eigenvalue weighted by atomic mass is 9.78. The normalized spacial score (nSPS) is 24.6. The van der Waals surface area contributed by atoms with Gasteiger partial charge in [-0.2, -0.15) is 0 Å². The molecule has 1 aliphatic carbocycles. The van der Waals surface area contributed by atoms with Crippen molar-refractivity contribution in [2.45, 2.75) is 69.0 Å². The highest BCUT2D eigenvalue weighted by atomic mass is 32.2. The topological polar surface area (TPSA) is 68.3 Å². The van der Waals surface area contributed by atoms with Crippen LogP contribution in [0.25, 0.3) is 0 Å². The minimum absolute atomic E-state index is 0.0677. The highest BCUT2D eigenvalue weighted by molar-refractivity contribution is 8.02. The quantitative estimate of drug-likeness (QED) is 0.574. The number of hydrogen-bond donors (Lipinski definition) is 1. The second kappa shape index (κ2) is 9.57. The SMILES string of the molecule is CCOC(=O)Cc1csc(S[C@@H](C)C(=O)N[C@@H]2CCC[C@H](C)[C@@H]2C)n1. The van der Waals surface area contributed by atoms with Crippen molar-refractivity contribution in [3.63, 3.8) is 0 Å². The first-order chi connectivity index (χ1) is 11.9. The van der Waals surface area contributed by atoms with Crippen molar-refractivity contribution >= 4 is 35.0 Å². The van der Waals surface area contributed by atoms with Gasteiger partial charge in [0.15, 0.2) is 4.34 Å². The molecular formula is C18H28N2O3S2. The van der Waals surface area contributed by atoms with Gasteiger partial charge in [0.05, 0.1) is 24.0 Å². The van der Waals surface area contributed by atoms with E-state index in [1.165, 1.54) is 35.9 Å². The number of thioether (sulfide) groups is 1. The predicted octanol–water partition coefficient (Wildman–Crippen LogP) is 3.67. The van der Waals surface area contributed by atoms with Gasteiger partial charge in [0.1, 0.15) is 0 Å². The number of carbonyl (C=O) groups is 2. The van der Waals surface area contributed by atoms with Gasteiger partial charge in [0.2, 0.25) is 5.91 Å². The molecule has 0 saturated heterocycles. The summed E-state index contributed by atoms with van der Waals surface area (Å²) in [5, 5.41) is 4.87. The van der Waals surface area contributed by atoms with Gasteiger partial charge in [-0.05, 0) is 32.1 Å². The van der Waals surface area contributed by atoms with E-state index < -0.39 is 0 Å². The van der Waals surface area contributed by atoms with Gasteiger partial charge < -0.3 is 10.1 Å². The smallest absolute Gasteiger partial charge is 0.311 e. The highest BCUT2D eigenvalue weighted by Gasteiger charge is 2.29. The number of ether oxygens (including phenoxy) is 1. The number of amides is 1. The summed E-state index contributed by atoms with van der Waals surface area (Å²) in [6, 6.07) is 0.273. The van der Waals surface area contributed by atoms with Crippen molar-refractivity contribution in [1.29, 1.82) is 0 Å². The van der Waals surface area contributed by atoms with Gasteiger partial charge in [-0.25, -0.2) is 4.98 Å². The second-order valence-corrected chi connectivity index (χ2v) is 9.18. The maximum Gasteiger partial charge on any atom is 0.311 e. The second-order valence-electron chi connectivity index (χ2n) is 6.73. The molecular weight excluding hydrogens is 356 g/mol. The molecule has 0 unspecified atom stereocenters. The van der Waals surface area contributed by atoms with E-state index in [-0.39, 0.29) is 29.6 Å². The number of rotatable bonds is 7. The Morgan fingerprint density at radius 3 is 2.92 bits per heavy atom. The van der Waals surface area contributed by atoms with Crippen molar-refractivity contribution in [2.75, 3.05) is 6.61 Å². The Bertz CT molecular complexity index is 591. The molecule has 0 aromatic carbocycles. The molecule has 7 heteroatoms.